The van der Waals surface area contributed by atoms with Crippen LogP contribution in [0.25, 0.3) is 0 Å². The van der Waals surface area contributed by atoms with E-state index < -0.39 is 0 Å². The minimum Gasteiger partial charge on any atom is -0.493 e. The van der Waals surface area contributed by atoms with E-state index in [1.165, 1.54) is 32.1 Å². The topological polar surface area (TPSA) is 54.9 Å². The minimum atomic E-state index is 0.468. The predicted molar refractivity (Wildman–Crippen MR) is 92.9 cm³/mol. The number of nitrogens with zero attached hydrogens (tertiary/aromatic N) is 1. The van der Waals surface area contributed by atoms with Crippen molar-refractivity contribution in [2.75, 3.05) is 14.2 Å². The zero-order chi connectivity index (χ0) is 15.8. The number of hydrogen-bond donors (Lipinski definition) is 2. The number of methoxy groups -OCH3 is 2. The zero-order valence-electron chi connectivity index (χ0n) is 13.1. The van der Waals surface area contributed by atoms with Gasteiger partial charge in [-0.3, -0.25) is 5.43 Å². The second-order valence-electron chi connectivity index (χ2n) is 5.26. The van der Waals surface area contributed by atoms with Crippen LogP contribution in [0.3, 0.4) is 0 Å². The van der Waals surface area contributed by atoms with Crippen LogP contribution in [-0.4, -0.2) is 31.6 Å². The molecule has 5 nitrogen and oxygen atoms in total. The van der Waals surface area contributed by atoms with E-state index >= 15 is 0 Å². The molecule has 0 bridgehead atoms. The Morgan fingerprint density at radius 1 is 1.23 bits per heavy atom. The number of hydrazone groups is 1. The molecule has 1 aliphatic rings. The fourth-order valence-electron chi connectivity index (χ4n) is 2.64. The number of benzene rings is 1. The summed E-state index contributed by atoms with van der Waals surface area (Å²) in [4.78, 5) is 0. The van der Waals surface area contributed by atoms with Gasteiger partial charge < -0.3 is 14.8 Å². The van der Waals surface area contributed by atoms with Crippen molar-refractivity contribution in [3.05, 3.63) is 23.8 Å². The van der Waals surface area contributed by atoms with Crippen LogP contribution in [0.1, 0.15) is 37.7 Å². The van der Waals surface area contributed by atoms with Gasteiger partial charge in [-0.15, -0.1) is 0 Å². The Kier molecular flexibility index (Phi) is 6.45. The number of ether oxygens (including phenoxy) is 2. The Morgan fingerprint density at radius 2 is 2.00 bits per heavy atom. The lowest BCUT2D eigenvalue weighted by Crippen LogP contribution is -2.40. The van der Waals surface area contributed by atoms with Crippen molar-refractivity contribution in [1.29, 1.82) is 0 Å². The van der Waals surface area contributed by atoms with Crippen molar-refractivity contribution in [1.82, 2.24) is 10.7 Å². The second kappa shape index (κ2) is 8.58. The Labute approximate surface area is 137 Å². The Bertz CT molecular complexity index is 528. The minimum absolute atomic E-state index is 0.468. The molecule has 1 aromatic carbocycles. The smallest absolute Gasteiger partial charge is 0.187 e. The number of hydrogen-bond acceptors (Lipinski definition) is 4. The molecule has 22 heavy (non-hydrogen) atoms. The summed E-state index contributed by atoms with van der Waals surface area (Å²) in [7, 11) is 3.22. The molecule has 0 amide bonds. The highest BCUT2D eigenvalue weighted by Crippen LogP contribution is 2.29. The van der Waals surface area contributed by atoms with Crippen LogP contribution in [0.2, 0.25) is 0 Å². The molecule has 1 aromatic rings. The van der Waals surface area contributed by atoms with Gasteiger partial charge in [-0.2, -0.15) is 5.10 Å². The number of nitrogens with one attached hydrogen (secondary N) is 2. The van der Waals surface area contributed by atoms with E-state index in [-0.39, 0.29) is 0 Å². The van der Waals surface area contributed by atoms with Crippen LogP contribution in [-0.2, 0) is 0 Å². The van der Waals surface area contributed by atoms with Crippen molar-refractivity contribution in [3.8, 4) is 11.5 Å². The maximum atomic E-state index is 5.35. The molecular formula is C16H23N3O2S. The quantitative estimate of drug-likeness (QED) is 0.496. The van der Waals surface area contributed by atoms with Gasteiger partial charge in [-0.25, -0.2) is 0 Å². The molecule has 1 aliphatic carbocycles. The van der Waals surface area contributed by atoms with Crippen LogP contribution in [0.5, 0.6) is 11.5 Å². The van der Waals surface area contributed by atoms with Crippen LogP contribution >= 0.6 is 12.2 Å². The standard InChI is InChI=1S/C16H23N3O2S/c1-20-14-10-6-7-12(15(14)21-2)11-17-19-16(22)18-13-8-4-3-5-9-13/h6-7,10-11,13H,3-5,8-9H2,1-2H3,(H2,18,19,22)/b17-11-. The normalized spacial score (nSPS) is 15.5. The fraction of sp³-hybridized carbons (Fsp3) is 0.500. The third-order valence-corrected chi connectivity index (χ3v) is 3.95. The van der Waals surface area contributed by atoms with Crippen LogP contribution in [0.4, 0.5) is 0 Å². The first-order chi connectivity index (χ1) is 10.7. The molecule has 0 saturated heterocycles. The molecule has 0 aliphatic heterocycles. The summed E-state index contributed by atoms with van der Waals surface area (Å²) in [5, 5.41) is 8.04. The summed E-state index contributed by atoms with van der Waals surface area (Å²) in [5.74, 6) is 1.33. The lowest BCUT2D eigenvalue weighted by molar-refractivity contribution is 0.354. The predicted octanol–water partition coefficient (Wildman–Crippen LogP) is 2.83. The maximum Gasteiger partial charge on any atom is 0.187 e. The van der Waals surface area contributed by atoms with E-state index in [0.717, 1.165) is 5.56 Å². The van der Waals surface area contributed by atoms with Crippen molar-refractivity contribution >= 4 is 23.5 Å². The number of thiocarbonyl (C=S) groups is 1. The third-order valence-electron chi connectivity index (χ3n) is 3.74. The summed E-state index contributed by atoms with van der Waals surface area (Å²) in [6.07, 6.45) is 7.89. The Balaban J connectivity index is 1.90. The van der Waals surface area contributed by atoms with Crippen molar-refractivity contribution in [2.45, 2.75) is 38.1 Å². The molecule has 0 aromatic heterocycles. The van der Waals surface area contributed by atoms with Gasteiger partial charge in [0.15, 0.2) is 16.6 Å². The summed E-state index contributed by atoms with van der Waals surface area (Å²) in [6.45, 7) is 0. The van der Waals surface area contributed by atoms with Gasteiger partial charge in [-0.05, 0) is 37.2 Å². The molecule has 1 saturated carbocycles. The molecule has 0 radical (unpaired) electrons. The Morgan fingerprint density at radius 3 is 2.68 bits per heavy atom. The van der Waals surface area contributed by atoms with Gasteiger partial charge in [0, 0.05) is 11.6 Å². The highest BCUT2D eigenvalue weighted by molar-refractivity contribution is 7.80. The molecule has 0 heterocycles. The van der Waals surface area contributed by atoms with Gasteiger partial charge in [0.05, 0.1) is 20.4 Å². The van der Waals surface area contributed by atoms with Crippen molar-refractivity contribution in [2.24, 2.45) is 5.10 Å². The second-order valence-corrected chi connectivity index (χ2v) is 5.67. The van der Waals surface area contributed by atoms with Gasteiger partial charge >= 0.3 is 0 Å². The molecule has 120 valence electrons. The van der Waals surface area contributed by atoms with E-state index in [4.69, 9.17) is 21.7 Å². The van der Waals surface area contributed by atoms with Crippen molar-refractivity contribution < 1.29 is 9.47 Å². The van der Waals surface area contributed by atoms with Crippen LogP contribution in [0, 0.1) is 0 Å². The molecule has 6 heteroatoms. The van der Waals surface area contributed by atoms with Crippen molar-refractivity contribution in [3.63, 3.8) is 0 Å². The number of rotatable bonds is 5. The summed E-state index contributed by atoms with van der Waals surface area (Å²) in [6, 6.07) is 6.11. The van der Waals surface area contributed by atoms with E-state index in [9.17, 15) is 0 Å². The summed E-state index contributed by atoms with van der Waals surface area (Å²) >= 11 is 5.27. The third kappa shape index (κ3) is 4.59. The van der Waals surface area contributed by atoms with Gasteiger partial charge in [0.25, 0.3) is 0 Å². The molecule has 2 N–H and O–H groups in total. The first-order valence-corrected chi connectivity index (χ1v) is 7.96. The lowest BCUT2D eigenvalue weighted by atomic mass is 9.96. The summed E-state index contributed by atoms with van der Waals surface area (Å²) < 4.78 is 10.6. The summed E-state index contributed by atoms with van der Waals surface area (Å²) in [5.41, 5.74) is 3.69. The van der Waals surface area contributed by atoms with E-state index in [1.54, 1.807) is 20.4 Å². The molecule has 0 unspecified atom stereocenters. The first kappa shape index (κ1) is 16.5. The lowest BCUT2D eigenvalue weighted by Gasteiger charge is -2.23. The molecule has 0 atom stereocenters. The number of para-hydroxylation sites is 1. The maximum absolute atomic E-state index is 5.35. The monoisotopic (exact) mass is 321 g/mol. The molecule has 0 spiro atoms. The SMILES string of the molecule is COc1cccc(/C=N\NC(=S)NC2CCCCC2)c1OC. The van der Waals surface area contributed by atoms with E-state index in [0.29, 0.717) is 22.7 Å². The average molecular weight is 321 g/mol. The van der Waals surface area contributed by atoms with Crippen LogP contribution < -0.4 is 20.2 Å². The zero-order valence-corrected chi connectivity index (χ0v) is 13.9. The molecule has 1 fully saturated rings. The van der Waals surface area contributed by atoms with Gasteiger partial charge in [-0.1, -0.05) is 25.3 Å². The largest absolute Gasteiger partial charge is 0.493 e. The fourth-order valence-corrected chi connectivity index (χ4v) is 2.86. The highest BCUT2D eigenvalue weighted by Gasteiger charge is 2.13. The Hall–Kier alpha value is -1.82. The molecular weight excluding hydrogens is 298 g/mol. The molecule has 2 rings (SSSR count). The highest BCUT2D eigenvalue weighted by atomic mass is 32.1. The van der Waals surface area contributed by atoms with Gasteiger partial charge in [0.2, 0.25) is 0 Å². The van der Waals surface area contributed by atoms with E-state index in [2.05, 4.69) is 15.8 Å². The average Bonchev–Trinajstić information content (AvgIpc) is 2.55. The first-order valence-electron chi connectivity index (χ1n) is 7.55. The van der Waals surface area contributed by atoms with Crippen LogP contribution in [0.15, 0.2) is 23.3 Å². The van der Waals surface area contributed by atoms with Gasteiger partial charge in [0.1, 0.15) is 0 Å². The van der Waals surface area contributed by atoms with E-state index in [1.807, 2.05) is 18.2 Å².